The van der Waals surface area contributed by atoms with E-state index < -0.39 is 0 Å². The van der Waals surface area contributed by atoms with E-state index in [1.807, 2.05) is 0 Å². The molecule has 0 radical (unpaired) electrons. The molecule has 2 heterocycles. The molecule has 0 aromatic heterocycles. The second-order valence-corrected chi connectivity index (χ2v) is 10.2. The number of Topliss-reactive ketones (excluding diaryl/α,β-unsaturated/α-hetero) is 1. The highest BCUT2D eigenvalue weighted by molar-refractivity contribution is 5.96. The van der Waals surface area contributed by atoms with Gasteiger partial charge < -0.3 is 4.90 Å². The average molecular weight is 453 g/mol. The predicted molar refractivity (Wildman–Crippen MR) is 140 cm³/mol. The lowest BCUT2D eigenvalue weighted by Crippen LogP contribution is -2.33. The molecule has 0 unspecified atom stereocenters. The van der Waals surface area contributed by atoms with Crippen molar-refractivity contribution in [3.05, 3.63) is 101 Å². The molecule has 1 fully saturated rings. The van der Waals surface area contributed by atoms with E-state index in [9.17, 15) is 4.79 Å². The van der Waals surface area contributed by atoms with Gasteiger partial charge in [-0.3, -0.25) is 9.69 Å². The van der Waals surface area contributed by atoms with Gasteiger partial charge in [0.25, 0.3) is 0 Å². The molecule has 0 spiro atoms. The van der Waals surface area contributed by atoms with E-state index in [0.717, 1.165) is 51.1 Å². The van der Waals surface area contributed by atoms with Crippen LogP contribution < -0.4 is 4.90 Å². The number of aryl methyl sites for hydroxylation is 1. The van der Waals surface area contributed by atoms with Crippen molar-refractivity contribution in [2.24, 2.45) is 5.92 Å². The minimum atomic E-state index is 0.312. The van der Waals surface area contributed by atoms with E-state index in [4.69, 9.17) is 0 Å². The van der Waals surface area contributed by atoms with E-state index in [0.29, 0.717) is 18.1 Å². The van der Waals surface area contributed by atoms with Crippen molar-refractivity contribution >= 4 is 11.5 Å². The summed E-state index contributed by atoms with van der Waals surface area (Å²) in [5.41, 5.74) is 7.55. The molecule has 2 aliphatic rings. The van der Waals surface area contributed by atoms with Gasteiger partial charge in [-0.25, -0.2) is 0 Å². The fourth-order valence-corrected chi connectivity index (χ4v) is 5.48. The zero-order chi connectivity index (χ0) is 23.3. The van der Waals surface area contributed by atoms with E-state index in [2.05, 4.69) is 89.5 Å². The Hall–Kier alpha value is -2.91. The lowest BCUT2D eigenvalue weighted by Gasteiger charge is -2.32. The summed E-state index contributed by atoms with van der Waals surface area (Å²) >= 11 is 0. The number of anilines is 1. The quantitative estimate of drug-likeness (QED) is 0.368. The number of ketones is 1. The number of likely N-dealkylation sites (tertiary alicyclic amines) is 1. The second-order valence-electron chi connectivity index (χ2n) is 10.2. The van der Waals surface area contributed by atoms with Gasteiger partial charge in [0.1, 0.15) is 0 Å². The molecule has 0 aliphatic carbocycles. The van der Waals surface area contributed by atoms with Gasteiger partial charge in [0.15, 0.2) is 5.78 Å². The Morgan fingerprint density at radius 1 is 0.853 bits per heavy atom. The molecule has 3 aromatic carbocycles. The van der Waals surface area contributed by atoms with Crippen LogP contribution in [0.4, 0.5) is 5.69 Å². The molecule has 3 nitrogen and oxygen atoms in total. The number of benzene rings is 3. The maximum atomic E-state index is 13.0. The predicted octanol–water partition coefficient (Wildman–Crippen LogP) is 6.43. The number of carbonyl (C=O) groups is 1. The number of hydrogen-bond acceptors (Lipinski definition) is 3. The second kappa shape index (κ2) is 10.6. The highest BCUT2D eigenvalue weighted by Gasteiger charge is 2.23. The zero-order valence-electron chi connectivity index (χ0n) is 20.4. The van der Waals surface area contributed by atoms with E-state index in [1.54, 1.807) is 0 Å². The van der Waals surface area contributed by atoms with Crippen LogP contribution in [-0.4, -0.2) is 30.3 Å². The normalized spacial score (nSPS) is 16.6. The van der Waals surface area contributed by atoms with Crippen LogP contribution in [0.1, 0.15) is 58.3 Å². The van der Waals surface area contributed by atoms with Gasteiger partial charge in [0.2, 0.25) is 0 Å². The molecule has 0 amide bonds. The Balaban J connectivity index is 1.10. The van der Waals surface area contributed by atoms with Crippen LogP contribution in [0.15, 0.2) is 72.8 Å². The molecule has 3 aromatic rings. The van der Waals surface area contributed by atoms with Crippen LogP contribution in [0.5, 0.6) is 0 Å². The lowest BCUT2D eigenvalue weighted by atomic mass is 9.90. The minimum Gasteiger partial charge on any atom is -0.367 e. The van der Waals surface area contributed by atoms with Gasteiger partial charge in [-0.05, 0) is 86.5 Å². The first kappa shape index (κ1) is 22.9. The van der Waals surface area contributed by atoms with Crippen molar-refractivity contribution in [2.45, 2.75) is 52.1 Å². The van der Waals surface area contributed by atoms with E-state index in [-0.39, 0.29) is 0 Å². The number of hydrogen-bond donors (Lipinski definition) is 0. The molecule has 0 saturated carbocycles. The summed E-state index contributed by atoms with van der Waals surface area (Å²) in [6.07, 6.45) is 5.14. The summed E-state index contributed by atoms with van der Waals surface area (Å²) in [7, 11) is 0. The number of nitrogens with zero attached hydrogens (tertiary/aromatic N) is 2. The third kappa shape index (κ3) is 5.59. The summed E-state index contributed by atoms with van der Waals surface area (Å²) < 4.78 is 0. The zero-order valence-corrected chi connectivity index (χ0v) is 20.4. The maximum Gasteiger partial charge on any atom is 0.162 e. The van der Waals surface area contributed by atoms with Gasteiger partial charge >= 0.3 is 0 Å². The van der Waals surface area contributed by atoms with Crippen molar-refractivity contribution < 1.29 is 4.79 Å². The Morgan fingerprint density at radius 3 is 2.35 bits per heavy atom. The van der Waals surface area contributed by atoms with Crippen molar-refractivity contribution in [1.82, 2.24) is 4.90 Å². The standard InChI is InChI=1S/C31H36N2O/c1-24-7-9-27(10-8-24)23-33-20-17-28-21-29(12-13-30(28)33)31(34)14-11-25-15-18-32(19-16-25)22-26-5-3-2-4-6-26/h2-10,12-13,21,25H,11,14-20,22-23H2,1H3. The molecule has 5 rings (SSSR count). The molecule has 3 heteroatoms. The monoisotopic (exact) mass is 452 g/mol. The van der Waals surface area contributed by atoms with Crippen LogP contribution in [0.3, 0.4) is 0 Å². The van der Waals surface area contributed by atoms with Crippen molar-refractivity contribution in [2.75, 3.05) is 24.5 Å². The van der Waals surface area contributed by atoms with Crippen LogP contribution in [0.25, 0.3) is 0 Å². The molecular formula is C31H36N2O. The first-order chi connectivity index (χ1) is 16.6. The lowest BCUT2D eigenvalue weighted by molar-refractivity contribution is 0.0961. The number of carbonyl (C=O) groups excluding carboxylic acids is 1. The SMILES string of the molecule is Cc1ccc(CN2CCc3cc(C(=O)CCC4CCN(Cc5ccccc5)CC4)ccc32)cc1. The number of fused-ring (bicyclic) bond motifs is 1. The number of piperidine rings is 1. The first-order valence-electron chi connectivity index (χ1n) is 12.9. The molecular weight excluding hydrogens is 416 g/mol. The Morgan fingerprint density at radius 2 is 1.59 bits per heavy atom. The summed E-state index contributed by atoms with van der Waals surface area (Å²) in [5, 5.41) is 0. The van der Waals surface area contributed by atoms with Gasteiger partial charge in [-0.1, -0.05) is 60.2 Å². The van der Waals surface area contributed by atoms with Gasteiger partial charge in [0.05, 0.1) is 0 Å². The van der Waals surface area contributed by atoms with Crippen molar-refractivity contribution in [3.8, 4) is 0 Å². The maximum absolute atomic E-state index is 13.0. The third-order valence-corrected chi connectivity index (χ3v) is 7.62. The summed E-state index contributed by atoms with van der Waals surface area (Å²) in [6, 6.07) is 25.9. The fourth-order valence-electron chi connectivity index (χ4n) is 5.48. The molecule has 2 aliphatic heterocycles. The van der Waals surface area contributed by atoms with Crippen molar-refractivity contribution in [3.63, 3.8) is 0 Å². The highest BCUT2D eigenvalue weighted by atomic mass is 16.1. The van der Waals surface area contributed by atoms with Gasteiger partial charge in [-0.2, -0.15) is 0 Å². The Labute approximate surface area is 204 Å². The van der Waals surface area contributed by atoms with Crippen LogP contribution in [-0.2, 0) is 19.5 Å². The van der Waals surface area contributed by atoms with E-state index >= 15 is 0 Å². The van der Waals surface area contributed by atoms with Gasteiger partial charge in [0, 0.05) is 37.3 Å². The average Bonchev–Trinajstić information content (AvgIpc) is 3.27. The molecule has 0 atom stereocenters. The van der Waals surface area contributed by atoms with E-state index in [1.165, 1.54) is 40.8 Å². The fraction of sp³-hybridized carbons (Fsp3) is 0.387. The summed E-state index contributed by atoms with van der Waals surface area (Å²) in [5.74, 6) is 0.988. The molecule has 0 bridgehead atoms. The van der Waals surface area contributed by atoms with Gasteiger partial charge in [-0.15, -0.1) is 0 Å². The molecule has 34 heavy (non-hydrogen) atoms. The third-order valence-electron chi connectivity index (χ3n) is 7.62. The number of rotatable bonds is 8. The topological polar surface area (TPSA) is 23.6 Å². The molecule has 176 valence electrons. The van der Waals surface area contributed by atoms with Crippen LogP contribution in [0, 0.1) is 12.8 Å². The highest BCUT2D eigenvalue weighted by Crippen LogP contribution is 2.31. The largest absolute Gasteiger partial charge is 0.367 e. The van der Waals surface area contributed by atoms with Crippen LogP contribution >= 0.6 is 0 Å². The summed E-state index contributed by atoms with van der Waals surface area (Å²) in [6.45, 7) is 7.42. The molecule has 0 N–H and O–H groups in total. The smallest absolute Gasteiger partial charge is 0.162 e. The Bertz CT molecular complexity index is 1100. The summed E-state index contributed by atoms with van der Waals surface area (Å²) in [4.78, 5) is 18.0. The van der Waals surface area contributed by atoms with Crippen molar-refractivity contribution in [1.29, 1.82) is 0 Å². The molecule has 1 saturated heterocycles. The Kier molecular flexibility index (Phi) is 7.10. The minimum absolute atomic E-state index is 0.312. The van der Waals surface area contributed by atoms with Crippen LogP contribution in [0.2, 0.25) is 0 Å². The first-order valence-corrected chi connectivity index (χ1v) is 12.9.